The third-order valence-electron chi connectivity index (χ3n) is 1.82. The van der Waals surface area contributed by atoms with Gasteiger partial charge in [0, 0.05) is 0 Å². The molecular weight excluding hydrogens is 280 g/mol. The highest BCUT2D eigenvalue weighted by atomic mass is 79.9. The van der Waals surface area contributed by atoms with Gasteiger partial charge in [0.25, 0.3) is 5.69 Å². The number of carbonyl (C=O) groups is 1. The van der Waals surface area contributed by atoms with E-state index in [0.717, 1.165) is 0 Å². The number of carbonyl (C=O) groups excluding carboxylic acids is 1. The Kier molecular flexibility index (Phi) is 3.83. The maximum Gasteiger partial charge on any atom is 0.347 e. The number of halogens is 1. The van der Waals surface area contributed by atoms with Crippen LogP contribution in [0.25, 0.3) is 0 Å². The number of hydrogen-bond donors (Lipinski definition) is 1. The quantitative estimate of drug-likeness (QED) is 0.398. The molecule has 1 aromatic rings. The summed E-state index contributed by atoms with van der Waals surface area (Å²) in [5.74, 6) is -0.798. The first-order valence-corrected chi connectivity index (χ1v) is 5.17. The van der Waals surface area contributed by atoms with Crippen molar-refractivity contribution in [2.75, 3.05) is 12.3 Å². The molecule has 86 valence electrons. The fourth-order valence-electron chi connectivity index (χ4n) is 1.18. The van der Waals surface area contributed by atoms with Crippen molar-refractivity contribution in [3.05, 3.63) is 32.3 Å². The van der Waals surface area contributed by atoms with Crippen LogP contribution < -0.4 is 5.73 Å². The molecule has 16 heavy (non-hydrogen) atoms. The topological polar surface area (TPSA) is 95.5 Å². The highest BCUT2D eigenvalue weighted by Crippen LogP contribution is 2.33. The smallest absolute Gasteiger partial charge is 0.347 e. The summed E-state index contributed by atoms with van der Waals surface area (Å²) in [6.45, 7) is 1.74. The Hall–Kier alpha value is -1.63. The van der Waals surface area contributed by atoms with Gasteiger partial charge in [0.1, 0.15) is 0 Å². The van der Waals surface area contributed by atoms with Gasteiger partial charge in [0.2, 0.25) is 0 Å². The zero-order valence-electron chi connectivity index (χ0n) is 8.40. The van der Waals surface area contributed by atoms with Gasteiger partial charge in [-0.2, -0.15) is 0 Å². The second-order valence-electron chi connectivity index (χ2n) is 2.84. The molecule has 6 nitrogen and oxygen atoms in total. The van der Waals surface area contributed by atoms with Crippen LogP contribution in [0.4, 0.5) is 11.4 Å². The number of anilines is 1. The molecule has 0 fully saturated rings. The zero-order valence-corrected chi connectivity index (χ0v) is 9.98. The van der Waals surface area contributed by atoms with Gasteiger partial charge in [-0.05, 0) is 35.0 Å². The maximum absolute atomic E-state index is 11.5. The van der Waals surface area contributed by atoms with E-state index in [4.69, 9.17) is 10.5 Å². The van der Waals surface area contributed by atoms with Crippen LogP contribution >= 0.6 is 15.9 Å². The van der Waals surface area contributed by atoms with Gasteiger partial charge in [-0.25, -0.2) is 4.79 Å². The fraction of sp³-hybridized carbons (Fsp3) is 0.222. The minimum Gasteiger partial charge on any atom is -0.462 e. The molecule has 2 N–H and O–H groups in total. The SMILES string of the molecule is CCOC(=O)c1c(N)ccc(Br)c1[N+](=O)[O-]. The lowest BCUT2D eigenvalue weighted by atomic mass is 10.1. The first-order valence-electron chi connectivity index (χ1n) is 4.38. The van der Waals surface area contributed by atoms with Crippen LogP contribution in [0, 0.1) is 10.1 Å². The van der Waals surface area contributed by atoms with Crippen molar-refractivity contribution in [1.82, 2.24) is 0 Å². The summed E-state index contributed by atoms with van der Waals surface area (Å²) < 4.78 is 4.90. The van der Waals surface area contributed by atoms with E-state index in [1.54, 1.807) is 6.92 Å². The third-order valence-corrected chi connectivity index (χ3v) is 2.46. The molecule has 0 saturated carbocycles. The summed E-state index contributed by atoms with van der Waals surface area (Å²) >= 11 is 3.00. The lowest BCUT2D eigenvalue weighted by Crippen LogP contribution is -2.11. The average Bonchev–Trinajstić information content (AvgIpc) is 2.20. The number of esters is 1. The summed E-state index contributed by atoms with van der Waals surface area (Å²) in [5, 5.41) is 10.8. The van der Waals surface area contributed by atoms with Crippen molar-refractivity contribution in [2.24, 2.45) is 0 Å². The molecule has 0 atom stereocenters. The predicted octanol–water partition coefficient (Wildman–Crippen LogP) is 2.12. The number of nitrogens with zero attached hydrogens (tertiary/aromatic N) is 1. The minimum absolute atomic E-state index is 0.0216. The van der Waals surface area contributed by atoms with E-state index >= 15 is 0 Å². The molecule has 0 aromatic heterocycles. The number of benzene rings is 1. The van der Waals surface area contributed by atoms with Gasteiger partial charge >= 0.3 is 5.97 Å². The van der Waals surface area contributed by atoms with Crippen LogP contribution in [0.2, 0.25) is 0 Å². The molecule has 0 heterocycles. The maximum atomic E-state index is 11.5. The Morgan fingerprint density at radius 3 is 2.75 bits per heavy atom. The Labute approximate surface area is 99.7 Å². The molecule has 0 spiro atoms. The van der Waals surface area contributed by atoms with Crippen molar-refractivity contribution >= 4 is 33.3 Å². The molecule has 7 heteroatoms. The number of ether oxygens (including phenoxy) is 1. The number of nitrogens with two attached hydrogens (primary N) is 1. The van der Waals surface area contributed by atoms with Crippen LogP contribution in [0.3, 0.4) is 0 Å². The van der Waals surface area contributed by atoms with Gasteiger partial charge < -0.3 is 10.5 Å². The van der Waals surface area contributed by atoms with Gasteiger partial charge in [-0.15, -0.1) is 0 Å². The first-order chi connectivity index (χ1) is 7.49. The summed E-state index contributed by atoms with van der Waals surface area (Å²) in [5.41, 5.74) is 4.96. The van der Waals surface area contributed by atoms with Gasteiger partial charge in [0.15, 0.2) is 5.56 Å². The highest BCUT2D eigenvalue weighted by Gasteiger charge is 2.27. The Morgan fingerprint density at radius 1 is 1.62 bits per heavy atom. The van der Waals surface area contributed by atoms with Crippen LogP contribution in [-0.4, -0.2) is 17.5 Å². The van der Waals surface area contributed by atoms with Crippen molar-refractivity contribution in [2.45, 2.75) is 6.92 Å². The van der Waals surface area contributed by atoms with Crippen molar-refractivity contribution < 1.29 is 14.5 Å². The predicted molar refractivity (Wildman–Crippen MR) is 61.2 cm³/mol. The summed E-state index contributed by atoms with van der Waals surface area (Å²) in [6, 6.07) is 2.82. The number of nitro groups is 1. The second kappa shape index (κ2) is 4.93. The van der Waals surface area contributed by atoms with Crippen LogP contribution in [-0.2, 0) is 4.74 Å². The molecule has 0 radical (unpaired) electrons. The van der Waals surface area contributed by atoms with E-state index in [1.165, 1.54) is 12.1 Å². The summed E-state index contributed by atoms with van der Waals surface area (Å²) in [4.78, 5) is 21.7. The van der Waals surface area contributed by atoms with Crippen LogP contribution in [0.5, 0.6) is 0 Å². The molecular formula is C9H9BrN2O4. The molecule has 0 unspecified atom stereocenters. The summed E-state index contributed by atoms with van der Waals surface area (Å²) in [7, 11) is 0. The Bertz CT molecular complexity index is 447. The van der Waals surface area contributed by atoms with Crippen molar-refractivity contribution in [3.63, 3.8) is 0 Å². The lowest BCUT2D eigenvalue weighted by Gasteiger charge is -2.06. The van der Waals surface area contributed by atoms with Crippen LogP contribution in [0.15, 0.2) is 16.6 Å². The Morgan fingerprint density at radius 2 is 2.25 bits per heavy atom. The van der Waals surface area contributed by atoms with Gasteiger partial charge in [-0.3, -0.25) is 10.1 Å². The monoisotopic (exact) mass is 288 g/mol. The highest BCUT2D eigenvalue weighted by molar-refractivity contribution is 9.10. The van der Waals surface area contributed by atoms with E-state index in [1.807, 2.05) is 0 Å². The second-order valence-corrected chi connectivity index (χ2v) is 3.69. The van der Waals surface area contributed by atoms with E-state index < -0.39 is 10.9 Å². The van der Waals surface area contributed by atoms with E-state index in [0.29, 0.717) is 0 Å². The van der Waals surface area contributed by atoms with E-state index in [2.05, 4.69) is 15.9 Å². The standard InChI is InChI=1S/C9H9BrN2O4/c1-2-16-9(13)7-6(11)4-3-5(10)8(7)12(14)15/h3-4H,2,11H2,1H3. The van der Waals surface area contributed by atoms with E-state index in [-0.39, 0.29) is 28.0 Å². The molecule has 1 aromatic carbocycles. The van der Waals surface area contributed by atoms with Crippen molar-refractivity contribution in [3.8, 4) is 0 Å². The largest absolute Gasteiger partial charge is 0.462 e. The zero-order chi connectivity index (χ0) is 12.3. The third kappa shape index (κ3) is 2.30. The summed E-state index contributed by atoms with van der Waals surface area (Å²) in [6.07, 6.45) is 0. The molecule has 0 aliphatic carbocycles. The van der Waals surface area contributed by atoms with Gasteiger partial charge in [0.05, 0.1) is 21.7 Å². The Balaban J connectivity index is 3.40. The van der Waals surface area contributed by atoms with Crippen LogP contribution in [0.1, 0.15) is 17.3 Å². The lowest BCUT2D eigenvalue weighted by molar-refractivity contribution is -0.386. The number of nitrogen functional groups attached to an aromatic ring is 1. The number of nitro benzene ring substituents is 1. The number of rotatable bonds is 3. The molecule has 0 amide bonds. The minimum atomic E-state index is -0.798. The average molecular weight is 289 g/mol. The number of hydrogen-bond acceptors (Lipinski definition) is 5. The van der Waals surface area contributed by atoms with Gasteiger partial charge in [-0.1, -0.05) is 0 Å². The van der Waals surface area contributed by atoms with Crippen molar-refractivity contribution in [1.29, 1.82) is 0 Å². The molecule has 0 saturated heterocycles. The molecule has 0 aliphatic heterocycles. The fourth-order valence-corrected chi connectivity index (χ4v) is 1.65. The molecule has 1 rings (SSSR count). The molecule has 0 bridgehead atoms. The first kappa shape index (κ1) is 12.4. The van der Waals surface area contributed by atoms with E-state index in [9.17, 15) is 14.9 Å². The molecule has 0 aliphatic rings. The normalized spacial score (nSPS) is 9.88.